The average molecular weight is 266 g/mol. The van der Waals surface area contributed by atoms with Crippen LogP contribution in [-0.2, 0) is 0 Å². The van der Waals surface area contributed by atoms with E-state index in [4.69, 9.17) is 11.0 Å². The number of nitrogens with two attached hydrogens (primary N) is 1. The highest BCUT2D eigenvalue weighted by atomic mass is 16.2. The number of urea groups is 1. The van der Waals surface area contributed by atoms with Gasteiger partial charge in [-0.2, -0.15) is 5.26 Å². The smallest absolute Gasteiger partial charge is 0.323 e. The highest BCUT2D eigenvalue weighted by Gasteiger charge is 2.07. The molecule has 2 aromatic carbocycles. The standard InChI is InChI=1S/C15H14N4O/c1-10-4-2-7-13(17)14(10)19-15(20)18-12-6-3-5-11(8-12)9-16/h2-8H,17H2,1H3,(H2,18,19,20). The maximum atomic E-state index is 11.9. The molecule has 0 heterocycles. The van der Waals surface area contributed by atoms with Crippen molar-refractivity contribution in [2.75, 3.05) is 16.4 Å². The summed E-state index contributed by atoms with van der Waals surface area (Å²) in [6.45, 7) is 1.86. The monoisotopic (exact) mass is 266 g/mol. The molecule has 0 bridgehead atoms. The third kappa shape index (κ3) is 3.06. The molecule has 2 aromatic rings. The summed E-state index contributed by atoms with van der Waals surface area (Å²) in [6, 6.07) is 13.7. The van der Waals surface area contributed by atoms with Crippen molar-refractivity contribution in [3.63, 3.8) is 0 Å². The van der Waals surface area contributed by atoms with Gasteiger partial charge in [-0.15, -0.1) is 0 Å². The molecule has 0 unspecified atom stereocenters. The van der Waals surface area contributed by atoms with E-state index < -0.39 is 6.03 Å². The van der Waals surface area contributed by atoms with Gasteiger partial charge < -0.3 is 16.4 Å². The van der Waals surface area contributed by atoms with Crippen LogP contribution < -0.4 is 16.4 Å². The Morgan fingerprint density at radius 3 is 2.65 bits per heavy atom. The van der Waals surface area contributed by atoms with E-state index in [1.807, 2.05) is 25.1 Å². The number of nitrogen functional groups attached to an aromatic ring is 1. The maximum Gasteiger partial charge on any atom is 0.323 e. The van der Waals surface area contributed by atoms with E-state index in [9.17, 15) is 4.79 Å². The molecule has 2 rings (SSSR count). The topological polar surface area (TPSA) is 90.9 Å². The molecule has 100 valence electrons. The van der Waals surface area contributed by atoms with Crippen molar-refractivity contribution in [1.29, 1.82) is 5.26 Å². The molecule has 0 saturated heterocycles. The lowest BCUT2D eigenvalue weighted by Gasteiger charge is -2.12. The summed E-state index contributed by atoms with van der Waals surface area (Å²) in [6.07, 6.45) is 0. The molecule has 0 spiro atoms. The van der Waals surface area contributed by atoms with E-state index in [1.165, 1.54) is 0 Å². The molecule has 0 saturated carbocycles. The Kier molecular flexibility index (Phi) is 3.87. The van der Waals surface area contributed by atoms with Gasteiger partial charge in [0.15, 0.2) is 0 Å². The largest absolute Gasteiger partial charge is 0.397 e. The van der Waals surface area contributed by atoms with Crippen LogP contribution >= 0.6 is 0 Å². The van der Waals surface area contributed by atoms with Crippen LogP contribution in [0.2, 0.25) is 0 Å². The zero-order chi connectivity index (χ0) is 14.5. The maximum absolute atomic E-state index is 11.9. The van der Waals surface area contributed by atoms with Crippen molar-refractivity contribution in [2.45, 2.75) is 6.92 Å². The van der Waals surface area contributed by atoms with Gasteiger partial charge >= 0.3 is 6.03 Å². The SMILES string of the molecule is Cc1cccc(N)c1NC(=O)Nc1cccc(C#N)c1. The first-order valence-corrected chi connectivity index (χ1v) is 6.03. The molecule has 2 amide bonds. The van der Waals surface area contributed by atoms with Gasteiger partial charge in [-0.1, -0.05) is 18.2 Å². The van der Waals surface area contributed by atoms with Crippen LogP contribution in [0.1, 0.15) is 11.1 Å². The molecule has 5 nitrogen and oxygen atoms in total. The third-order valence-corrected chi connectivity index (χ3v) is 2.79. The zero-order valence-electron chi connectivity index (χ0n) is 11.0. The number of hydrogen-bond acceptors (Lipinski definition) is 3. The van der Waals surface area contributed by atoms with Crippen LogP contribution in [0, 0.1) is 18.3 Å². The number of benzene rings is 2. The van der Waals surface area contributed by atoms with Gasteiger partial charge in [-0.25, -0.2) is 4.79 Å². The van der Waals surface area contributed by atoms with Crippen LogP contribution in [0.15, 0.2) is 42.5 Å². The lowest BCUT2D eigenvalue weighted by atomic mass is 10.1. The summed E-state index contributed by atoms with van der Waals surface area (Å²) in [5, 5.41) is 14.2. The fraction of sp³-hybridized carbons (Fsp3) is 0.0667. The lowest BCUT2D eigenvalue weighted by Crippen LogP contribution is -2.20. The Hall–Kier alpha value is -3.00. The minimum Gasteiger partial charge on any atom is -0.397 e. The van der Waals surface area contributed by atoms with E-state index in [2.05, 4.69) is 10.6 Å². The molecule has 0 atom stereocenters. The molecule has 0 aliphatic carbocycles. The summed E-state index contributed by atoms with van der Waals surface area (Å²) >= 11 is 0. The first-order valence-electron chi connectivity index (χ1n) is 6.03. The number of amides is 2. The number of carbonyl (C=O) groups excluding carboxylic acids is 1. The van der Waals surface area contributed by atoms with Crippen molar-refractivity contribution >= 4 is 23.1 Å². The number of rotatable bonds is 2. The summed E-state index contributed by atoms with van der Waals surface area (Å²) in [4.78, 5) is 11.9. The minimum atomic E-state index is -0.402. The molecule has 0 aromatic heterocycles. The third-order valence-electron chi connectivity index (χ3n) is 2.79. The minimum absolute atomic E-state index is 0.402. The molecule has 0 fully saturated rings. The molecule has 5 heteroatoms. The molecule has 20 heavy (non-hydrogen) atoms. The normalized spacial score (nSPS) is 9.60. The summed E-state index contributed by atoms with van der Waals surface area (Å²) in [7, 11) is 0. The molecule has 0 radical (unpaired) electrons. The van der Waals surface area contributed by atoms with Crippen LogP contribution in [-0.4, -0.2) is 6.03 Å². The van der Waals surface area contributed by atoms with Crippen molar-refractivity contribution < 1.29 is 4.79 Å². The number of aryl methyl sites for hydroxylation is 1. The summed E-state index contributed by atoms with van der Waals surface area (Å²) in [5.41, 5.74) is 8.83. The number of nitrogens with one attached hydrogen (secondary N) is 2. The Labute approximate surface area is 117 Å². The van der Waals surface area contributed by atoms with Crippen LogP contribution in [0.3, 0.4) is 0 Å². The van der Waals surface area contributed by atoms with E-state index in [-0.39, 0.29) is 0 Å². The Morgan fingerprint density at radius 2 is 1.95 bits per heavy atom. The van der Waals surface area contributed by atoms with Gasteiger partial charge in [-0.05, 0) is 36.8 Å². The fourth-order valence-corrected chi connectivity index (χ4v) is 1.80. The molecule has 0 aliphatic rings. The molecular weight excluding hydrogens is 252 g/mol. The van der Waals surface area contributed by atoms with Crippen LogP contribution in [0.5, 0.6) is 0 Å². The highest BCUT2D eigenvalue weighted by Crippen LogP contribution is 2.22. The fourth-order valence-electron chi connectivity index (χ4n) is 1.80. The quantitative estimate of drug-likeness (QED) is 0.729. The van der Waals surface area contributed by atoms with Crippen LogP contribution in [0.25, 0.3) is 0 Å². The van der Waals surface area contributed by atoms with Crippen molar-refractivity contribution in [2.24, 2.45) is 0 Å². The zero-order valence-corrected chi connectivity index (χ0v) is 11.0. The van der Waals surface area contributed by atoms with Gasteiger partial charge in [0, 0.05) is 5.69 Å². The second-order valence-corrected chi connectivity index (χ2v) is 4.31. The second-order valence-electron chi connectivity index (χ2n) is 4.31. The number of anilines is 3. The van der Waals surface area contributed by atoms with E-state index >= 15 is 0 Å². The Bertz CT molecular complexity index is 668. The molecule has 0 aliphatic heterocycles. The van der Waals surface area contributed by atoms with Crippen molar-refractivity contribution in [3.8, 4) is 6.07 Å². The highest BCUT2D eigenvalue weighted by molar-refractivity contribution is 6.02. The second kappa shape index (κ2) is 5.76. The van der Waals surface area contributed by atoms with Crippen molar-refractivity contribution in [3.05, 3.63) is 53.6 Å². The van der Waals surface area contributed by atoms with Gasteiger partial charge in [0.1, 0.15) is 0 Å². The van der Waals surface area contributed by atoms with E-state index in [0.717, 1.165) is 5.56 Å². The molecule has 4 N–H and O–H groups in total. The Morgan fingerprint density at radius 1 is 1.20 bits per heavy atom. The number of nitrogens with zero attached hydrogens (tertiary/aromatic N) is 1. The van der Waals surface area contributed by atoms with Gasteiger partial charge in [-0.3, -0.25) is 0 Å². The van der Waals surface area contributed by atoms with Gasteiger partial charge in [0.25, 0.3) is 0 Å². The van der Waals surface area contributed by atoms with Gasteiger partial charge in [0.2, 0.25) is 0 Å². The summed E-state index contributed by atoms with van der Waals surface area (Å²) < 4.78 is 0. The lowest BCUT2D eigenvalue weighted by molar-refractivity contribution is 0.262. The number of carbonyl (C=O) groups is 1. The first-order chi connectivity index (χ1) is 9.60. The average Bonchev–Trinajstić information content (AvgIpc) is 2.43. The number of para-hydroxylation sites is 1. The van der Waals surface area contributed by atoms with Crippen LogP contribution in [0.4, 0.5) is 21.9 Å². The van der Waals surface area contributed by atoms with E-state index in [1.54, 1.807) is 30.3 Å². The number of hydrogen-bond donors (Lipinski definition) is 3. The van der Waals surface area contributed by atoms with E-state index in [0.29, 0.717) is 22.6 Å². The van der Waals surface area contributed by atoms with Gasteiger partial charge in [0.05, 0.1) is 23.0 Å². The summed E-state index contributed by atoms with van der Waals surface area (Å²) in [5.74, 6) is 0. The Balaban J connectivity index is 2.11. The van der Waals surface area contributed by atoms with Crippen molar-refractivity contribution in [1.82, 2.24) is 0 Å². The first kappa shape index (κ1) is 13.4. The predicted molar refractivity (Wildman–Crippen MR) is 79.4 cm³/mol. The number of nitriles is 1. The predicted octanol–water partition coefficient (Wildman–Crippen LogP) is 3.09. The molecular formula is C15H14N4O.